The van der Waals surface area contributed by atoms with Crippen LogP contribution in [0.15, 0.2) is 18.2 Å². The highest BCUT2D eigenvalue weighted by atomic mass is 19.1. The highest BCUT2D eigenvalue weighted by Gasteiger charge is 2.21. The van der Waals surface area contributed by atoms with Crippen molar-refractivity contribution in [2.24, 2.45) is 0 Å². The molecule has 1 N–H and O–H groups in total. The maximum atomic E-state index is 13.1. The lowest BCUT2D eigenvalue weighted by Gasteiger charge is -2.34. The number of carbonyl (C=O) groups is 1. The molecule has 1 saturated heterocycles. The molecule has 2 rings (SSSR count). The number of amides is 1. The van der Waals surface area contributed by atoms with Crippen molar-refractivity contribution < 1.29 is 9.18 Å². The number of nitriles is 1. The third-order valence-corrected chi connectivity index (χ3v) is 3.32. The van der Waals surface area contributed by atoms with Crippen LogP contribution in [0.25, 0.3) is 0 Å². The number of carbonyl (C=O) groups excluding carboxylic acids is 1. The Morgan fingerprint density at radius 1 is 1.47 bits per heavy atom. The number of halogens is 1. The topological polar surface area (TPSA) is 56.1 Å². The minimum Gasteiger partial charge on any atom is -0.370 e. The fourth-order valence-corrected chi connectivity index (χ4v) is 2.43. The van der Waals surface area contributed by atoms with Crippen molar-refractivity contribution in [3.05, 3.63) is 29.6 Å². The van der Waals surface area contributed by atoms with Crippen LogP contribution in [-0.2, 0) is 4.79 Å². The molecule has 0 bridgehead atoms. The lowest BCUT2D eigenvalue weighted by atomic mass is 10.0. The van der Waals surface area contributed by atoms with Gasteiger partial charge in [0.05, 0.1) is 11.3 Å². The van der Waals surface area contributed by atoms with E-state index < -0.39 is 5.82 Å². The lowest BCUT2D eigenvalue weighted by Crippen LogP contribution is -2.44. The molecule has 5 heteroatoms. The minimum atomic E-state index is -0.395. The number of hydrogen-bond acceptors (Lipinski definition) is 3. The number of benzene rings is 1. The van der Waals surface area contributed by atoms with Gasteiger partial charge in [-0.2, -0.15) is 5.26 Å². The van der Waals surface area contributed by atoms with Crippen LogP contribution in [0.4, 0.5) is 10.1 Å². The Morgan fingerprint density at radius 2 is 2.16 bits per heavy atom. The molecule has 1 fully saturated rings. The molecule has 4 nitrogen and oxygen atoms in total. The first-order chi connectivity index (χ1) is 9.10. The molecule has 1 aromatic carbocycles. The molecule has 0 atom stereocenters. The van der Waals surface area contributed by atoms with Gasteiger partial charge in [-0.25, -0.2) is 4.39 Å². The van der Waals surface area contributed by atoms with Crippen molar-refractivity contribution in [2.75, 3.05) is 18.0 Å². The number of nitrogens with zero attached hydrogens (tertiary/aromatic N) is 2. The molecule has 19 heavy (non-hydrogen) atoms. The van der Waals surface area contributed by atoms with Crippen LogP contribution in [-0.4, -0.2) is 25.0 Å². The Balaban J connectivity index is 2.06. The highest BCUT2D eigenvalue weighted by molar-refractivity contribution is 5.73. The van der Waals surface area contributed by atoms with Crippen LogP contribution in [0.3, 0.4) is 0 Å². The highest BCUT2D eigenvalue weighted by Crippen LogP contribution is 2.24. The second-order valence-corrected chi connectivity index (χ2v) is 4.74. The summed E-state index contributed by atoms with van der Waals surface area (Å²) in [6.45, 7) is 3.02. The Kier molecular flexibility index (Phi) is 4.00. The Hall–Kier alpha value is -2.09. The van der Waals surface area contributed by atoms with E-state index in [1.165, 1.54) is 19.1 Å². The van der Waals surface area contributed by atoms with Crippen LogP contribution in [0.1, 0.15) is 25.3 Å². The third kappa shape index (κ3) is 3.22. The van der Waals surface area contributed by atoms with Crippen molar-refractivity contribution in [1.82, 2.24) is 5.32 Å². The van der Waals surface area contributed by atoms with E-state index in [4.69, 9.17) is 5.26 Å². The van der Waals surface area contributed by atoms with Gasteiger partial charge in [0.1, 0.15) is 11.9 Å². The summed E-state index contributed by atoms with van der Waals surface area (Å²) >= 11 is 0. The summed E-state index contributed by atoms with van der Waals surface area (Å²) in [6.07, 6.45) is 1.67. The van der Waals surface area contributed by atoms with Crippen LogP contribution < -0.4 is 10.2 Å². The van der Waals surface area contributed by atoms with Crippen molar-refractivity contribution >= 4 is 11.6 Å². The number of anilines is 1. The number of rotatable bonds is 2. The van der Waals surface area contributed by atoms with Gasteiger partial charge < -0.3 is 10.2 Å². The van der Waals surface area contributed by atoms with Crippen molar-refractivity contribution in [3.63, 3.8) is 0 Å². The molecule has 1 aliphatic heterocycles. The Morgan fingerprint density at radius 3 is 2.74 bits per heavy atom. The van der Waals surface area contributed by atoms with Gasteiger partial charge in [0.25, 0.3) is 0 Å². The molecule has 0 aliphatic carbocycles. The fourth-order valence-electron chi connectivity index (χ4n) is 2.43. The second kappa shape index (κ2) is 5.70. The second-order valence-electron chi connectivity index (χ2n) is 4.74. The van der Waals surface area contributed by atoms with E-state index in [0.717, 1.165) is 31.6 Å². The molecule has 0 unspecified atom stereocenters. The van der Waals surface area contributed by atoms with E-state index in [1.54, 1.807) is 6.07 Å². The van der Waals surface area contributed by atoms with E-state index in [0.29, 0.717) is 5.56 Å². The van der Waals surface area contributed by atoms with Crippen molar-refractivity contribution in [1.29, 1.82) is 5.26 Å². The molecule has 1 heterocycles. The normalized spacial score (nSPS) is 15.9. The molecule has 0 aromatic heterocycles. The summed E-state index contributed by atoms with van der Waals surface area (Å²) in [5, 5.41) is 11.9. The molecule has 0 spiro atoms. The van der Waals surface area contributed by atoms with Gasteiger partial charge in [-0.1, -0.05) is 0 Å². The maximum Gasteiger partial charge on any atom is 0.217 e. The zero-order valence-corrected chi connectivity index (χ0v) is 10.8. The lowest BCUT2D eigenvalue weighted by molar-refractivity contribution is -0.119. The molecular formula is C14H16FN3O. The SMILES string of the molecule is CC(=O)NC1CCN(c2ccc(F)cc2C#N)CC1. The molecule has 0 radical (unpaired) electrons. The predicted octanol–water partition coefficient (Wildman–Crippen LogP) is 1.80. The summed E-state index contributed by atoms with van der Waals surface area (Å²) in [5.41, 5.74) is 1.13. The average molecular weight is 261 g/mol. The van der Waals surface area contributed by atoms with E-state index >= 15 is 0 Å². The van der Waals surface area contributed by atoms with Crippen LogP contribution in [0.5, 0.6) is 0 Å². The number of hydrogen-bond donors (Lipinski definition) is 1. The zero-order chi connectivity index (χ0) is 13.8. The van der Waals surface area contributed by atoms with E-state index in [-0.39, 0.29) is 11.9 Å². The average Bonchev–Trinajstić information content (AvgIpc) is 2.39. The first-order valence-electron chi connectivity index (χ1n) is 6.32. The number of nitrogens with one attached hydrogen (secondary N) is 1. The molecule has 100 valence electrons. The monoisotopic (exact) mass is 261 g/mol. The standard InChI is InChI=1S/C14H16FN3O/c1-10(19)17-13-4-6-18(7-5-13)14-3-2-12(15)8-11(14)9-16/h2-3,8,13H,4-7H2,1H3,(H,17,19). The van der Waals surface area contributed by atoms with Gasteiger partial charge >= 0.3 is 0 Å². The van der Waals surface area contributed by atoms with Crippen molar-refractivity contribution in [2.45, 2.75) is 25.8 Å². The summed E-state index contributed by atoms with van der Waals surface area (Å²) in [7, 11) is 0. The van der Waals surface area contributed by atoms with Crippen LogP contribution in [0.2, 0.25) is 0 Å². The van der Waals surface area contributed by atoms with Crippen LogP contribution in [0, 0.1) is 17.1 Å². The minimum absolute atomic E-state index is 0.0158. The zero-order valence-electron chi connectivity index (χ0n) is 10.8. The quantitative estimate of drug-likeness (QED) is 0.883. The molecule has 0 saturated carbocycles. The number of piperidine rings is 1. The largest absolute Gasteiger partial charge is 0.370 e. The summed E-state index contributed by atoms with van der Waals surface area (Å²) in [4.78, 5) is 13.1. The smallest absolute Gasteiger partial charge is 0.217 e. The summed E-state index contributed by atoms with van der Waals surface area (Å²) in [6, 6.07) is 6.50. The Bertz CT molecular complexity index is 516. The predicted molar refractivity (Wildman–Crippen MR) is 70.2 cm³/mol. The molecule has 1 aromatic rings. The van der Waals surface area contributed by atoms with E-state index in [2.05, 4.69) is 10.2 Å². The van der Waals surface area contributed by atoms with Crippen molar-refractivity contribution in [3.8, 4) is 6.07 Å². The third-order valence-electron chi connectivity index (χ3n) is 3.32. The Labute approximate surface area is 111 Å². The first-order valence-corrected chi connectivity index (χ1v) is 6.32. The fraction of sp³-hybridized carbons (Fsp3) is 0.429. The summed E-state index contributed by atoms with van der Waals surface area (Å²) < 4.78 is 13.1. The van der Waals surface area contributed by atoms with Gasteiger partial charge in [0, 0.05) is 26.1 Å². The molecular weight excluding hydrogens is 245 g/mol. The maximum absolute atomic E-state index is 13.1. The first kappa shape index (κ1) is 13.3. The van der Waals surface area contributed by atoms with Crippen LogP contribution >= 0.6 is 0 Å². The van der Waals surface area contributed by atoms with Gasteiger partial charge in [-0.05, 0) is 31.0 Å². The van der Waals surface area contributed by atoms with E-state index in [9.17, 15) is 9.18 Å². The molecule has 1 amide bonds. The molecule has 1 aliphatic rings. The van der Waals surface area contributed by atoms with Gasteiger partial charge in [-0.3, -0.25) is 4.79 Å². The summed E-state index contributed by atoms with van der Waals surface area (Å²) in [5.74, 6) is -0.411. The van der Waals surface area contributed by atoms with Gasteiger partial charge in [0.15, 0.2) is 0 Å². The van der Waals surface area contributed by atoms with Gasteiger partial charge in [-0.15, -0.1) is 0 Å². The van der Waals surface area contributed by atoms with E-state index in [1.807, 2.05) is 6.07 Å². The van der Waals surface area contributed by atoms with Gasteiger partial charge in [0.2, 0.25) is 5.91 Å².